The molecule has 0 unspecified atom stereocenters. The number of methoxy groups -OCH3 is 8. The van der Waals surface area contributed by atoms with Crippen LogP contribution in [0.15, 0.2) is 298 Å². The molecule has 0 aromatic heterocycles. The van der Waals surface area contributed by atoms with Gasteiger partial charge in [0.15, 0.2) is 6.40 Å². The highest BCUT2D eigenvalue weighted by Gasteiger charge is 1.79. The molecule has 30 heteroatoms. The summed E-state index contributed by atoms with van der Waals surface area (Å²) < 4.78 is 50.8. The Hall–Kier alpha value is -10.2. The van der Waals surface area contributed by atoms with Crippen LogP contribution in [0.1, 0.15) is 267 Å². The molecule has 30 nitrogen and oxygen atoms in total. The number of nitrogens with zero attached hydrogens (tertiary/aromatic N) is 14. The lowest BCUT2D eigenvalue weighted by Gasteiger charge is -1.91. The van der Waals surface area contributed by atoms with E-state index in [2.05, 4.69) is 365 Å². The number of nitrogens with one attached hydrogen (secondary N) is 5. The van der Waals surface area contributed by atoms with Crippen LogP contribution in [0.4, 0.5) is 0 Å². The van der Waals surface area contributed by atoms with Crippen molar-refractivity contribution in [3.05, 3.63) is 227 Å². The summed E-state index contributed by atoms with van der Waals surface area (Å²) in [5.41, 5.74) is 0. The summed E-state index contributed by atoms with van der Waals surface area (Å²) in [6, 6.07) is 0. The summed E-state index contributed by atoms with van der Waals surface area (Å²) in [6.45, 7) is 117. The summed E-state index contributed by atoms with van der Waals surface area (Å²) in [4.78, 5) is 27.7. The van der Waals surface area contributed by atoms with Gasteiger partial charge in [-0.1, -0.05) is 328 Å². The van der Waals surface area contributed by atoms with Gasteiger partial charge in [0.2, 0.25) is 0 Å². The highest BCUT2D eigenvalue weighted by atomic mass is 16.6. The molecule has 5 N–H and O–H groups in total. The van der Waals surface area contributed by atoms with Gasteiger partial charge in [-0.2, -0.15) is 30.7 Å². The minimum absolute atomic E-state index is 0.389. The van der Waals surface area contributed by atoms with Crippen LogP contribution in [0, 0.1) is 0 Å². The number of aliphatic imine (C=N–C) groups is 8. The molecule has 0 fully saturated rings. The lowest BCUT2D eigenvalue weighted by molar-refractivity contribution is -0.00272. The largest absolute Gasteiger partial charge is 0.505 e. The van der Waals surface area contributed by atoms with Crippen LogP contribution in [0.2, 0.25) is 0 Å². The molecule has 0 aromatic carbocycles. The van der Waals surface area contributed by atoms with Gasteiger partial charge in [0.05, 0.1) is 59.1 Å². The molecule has 0 saturated heterocycles. The van der Waals surface area contributed by atoms with Crippen LogP contribution < -0.4 is 26.6 Å². The van der Waals surface area contributed by atoms with Crippen molar-refractivity contribution in [3.63, 3.8) is 0 Å². The van der Waals surface area contributed by atoms with E-state index in [-0.39, 0.29) is 0 Å². The predicted octanol–water partition coefficient (Wildman–Crippen LogP) is 31.0. The lowest BCUT2D eigenvalue weighted by Crippen LogP contribution is -2.12. The SMILES string of the molecule is C/C=C\CC.C/C=C\OC.C=C/C=C\C=C.C=C/C=C\N=C.C=C/C=N\N=C.C=CC=NC=C.C=CN=CN=C.C=CN=NC=C.C=CNC=C.C=COC=C.C=N/C=C\N=C.CCCCC.CCCCCC.CCCCCC.CCCCNC.CCCCOC.CCCNCC.CCCOC.CCCOCC.CCN=NC.CCNCC.CCOCC.CN=CNC.CN=COC.COCCOC.COCOC. The minimum Gasteiger partial charge on any atom is -0.505 e. The molecule has 0 radical (unpaired) electrons. The minimum atomic E-state index is 0.389. The number of ether oxygens (including phenoxy) is 11. The maximum Gasteiger partial charge on any atom is 0.168 e. The monoisotopic (exact) mass is 2050 g/mol. The van der Waals surface area contributed by atoms with Crippen LogP contribution in [0.3, 0.4) is 0 Å². The van der Waals surface area contributed by atoms with Crippen LogP contribution in [-0.2, 0) is 52.1 Å². The van der Waals surface area contributed by atoms with Crippen molar-refractivity contribution >= 4 is 65.1 Å². The molecule has 0 heterocycles. The first-order valence-corrected chi connectivity index (χ1v) is 49.6. The molecule has 0 rings (SSSR count). The zero-order valence-electron chi connectivity index (χ0n) is 100. The van der Waals surface area contributed by atoms with E-state index in [0.717, 1.165) is 98.2 Å². The van der Waals surface area contributed by atoms with Crippen LogP contribution in [-0.4, -0.2) is 256 Å². The van der Waals surface area contributed by atoms with E-state index in [4.69, 9.17) is 18.9 Å². The first-order valence-electron chi connectivity index (χ1n) is 49.6. The predicted molar refractivity (Wildman–Crippen MR) is 663 cm³/mol. The van der Waals surface area contributed by atoms with Crippen LogP contribution in [0.25, 0.3) is 0 Å². The fraction of sp³-hybridized carbons (Fsp3) is 0.596. The molecule has 0 atom stereocenters. The number of unbranched alkanes of at least 4 members (excludes halogenated alkanes) is 10. The number of rotatable bonds is 54. The first-order chi connectivity index (χ1) is 69.8. The van der Waals surface area contributed by atoms with E-state index in [9.17, 15) is 0 Å². The summed E-state index contributed by atoms with van der Waals surface area (Å²) >= 11 is 0. The van der Waals surface area contributed by atoms with Crippen LogP contribution in [0.5, 0.6) is 0 Å². The van der Waals surface area contributed by atoms with Gasteiger partial charge in [0, 0.05) is 173 Å². The zero-order valence-corrected chi connectivity index (χ0v) is 100. The Morgan fingerprint density at radius 3 is 0.868 bits per heavy atom. The molecule has 0 saturated carbocycles. The third-order valence-corrected chi connectivity index (χ3v) is 11.3. The van der Waals surface area contributed by atoms with Crippen molar-refractivity contribution in [2.45, 2.75) is 267 Å². The lowest BCUT2D eigenvalue weighted by atomic mass is 10.2. The van der Waals surface area contributed by atoms with Gasteiger partial charge < -0.3 is 78.7 Å². The zero-order chi connectivity index (χ0) is 117. The summed E-state index contributed by atoms with van der Waals surface area (Å²) in [7, 11) is 21.9. The molecule has 144 heavy (non-hydrogen) atoms. The molecule has 0 spiro atoms. The molecule has 0 aliphatic rings. The second-order valence-corrected chi connectivity index (χ2v) is 24.1. The topological polar surface area (TPSA) is 335 Å². The van der Waals surface area contributed by atoms with Gasteiger partial charge in [-0.3, -0.25) is 34.9 Å². The smallest absolute Gasteiger partial charge is 0.168 e. The average molecular weight is 2050 g/mol. The van der Waals surface area contributed by atoms with Crippen molar-refractivity contribution in [1.29, 1.82) is 0 Å². The normalized spacial score (nSPS) is 8.65. The number of hydrogen-bond donors (Lipinski definition) is 5. The average Bonchev–Trinajstić information content (AvgIpc) is 1.35. The first kappa shape index (κ1) is 203. The van der Waals surface area contributed by atoms with Gasteiger partial charge >= 0.3 is 0 Å². The third-order valence-electron chi connectivity index (χ3n) is 11.3. The summed E-state index contributed by atoms with van der Waals surface area (Å²) in [6.07, 6.45) is 69.2. The second kappa shape index (κ2) is 345. The molecule has 0 aliphatic heterocycles. The Morgan fingerprint density at radius 1 is 0.361 bits per heavy atom. The van der Waals surface area contributed by atoms with E-state index in [1.54, 1.807) is 146 Å². The molecular formula is C114H239N19O11. The van der Waals surface area contributed by atoms with E-state index in [1.807, 2.05) is 73.9 Å². The van der Waals surface area contributed by atoms with E-state index in [1.165, 1.54) is 177 Å². The number of azo groups is 2. The molecule has 0 amide bonds. The Labute approximate surface area is 895 Å². The van der Waals surface area contributed by atoms with Gasteiger partial charge in [0.1, 0.15) is 13.1 Å². The van der Waals surface area contributed by atoms with Crippen molar-refractivity contribution in [2.24, 2.45) is 70.6 Å². The third kappa shape index (κ3) is 724. The second-order valence-electron chi connectivity index (χ2n) is 24.1. The van der Waals surface area contributed by atoms with Gasteiger partial charge in [-0.05, 0) is 171 Å². The van der Waals surface area contributed by atoms with Crippen molar-refractivity contribution < 1.29 is 52.1 Å². The molecule has 0 aliphatic carbocycles. The maximum atomic E-state index is 4.98. The van der Waals surface area contributed by atoms with Crippen molar-refractivity contribution in [1.82, 2.24) is 26.6 Å². The molecule has 856 valence electrons. The van der Waals surface area contributed by atoms with E-state index < -0.39 is 0 Å². The Morgan fingerprint density at radius 2 is 0.778 bits per heavy atom. The van der Waals surface area contributed by atoms with Gasteiger partial charge in [-0.15, -0.1) is 0 Å². The standard InChI is InChI=1S/2C6H14.C6H8.C5H13N.C5H7N.C5H13N.C5H7N.2C5H12O.C5H12.C5H10.4C4H6N2.C4H11N.C4H7N.C4H10O2.C4H10O.C4H8O.C4H10O.C4H6O.2C3H8N2.C3H7NO.C3H8O2/c3*1-3-5-6-4-2;2*1-3-4-5-6-2;2*1-3-5-6-4-2;1-3-4-5-6-2;1-3-5-6-4-2;2*1-3-5-4-2;1-5-3-4-6-2;1-3-6-4-5-2;1-3-4-6-5-2;1-3-5-6-4-2;2*1-3-5-4-2;1-5-3-4-6-2;2*1-3-4-5-2;2*1-3-5-4-2;1-4-3-5-2;1-3-5-4-2;2*1-4-3-5-2/h2*3-6H2,1-2H3;3-6H,1-2H2;6H,3-5H2,1-2H3;3-5H,1-2H2;6H,3-5H2,1-2H3;3-5H,1-2H2;2*3-5H2,1-2H3;3-5H2,1-2H3;3,5H,4H2,1-2H3;4*3-4H,1-2H2;5H,3-4H2,1-2H3;3-5H,1-2H2;3-4H2,1-2H3;3-4H2,1-2H3;3-4H,1-2H3;3-4H2,1-2H3;3-4H,1-2H2;3H,1-2H3,(H,4,5);3H2,1-2H3;3H,1-2H3;3H2,1-2H3/b;;6-5-;;5-4-;;;;;;5-3-;4-3-;;6-4-;;;;;;4-3-;;;;;;. The Bertz CT molecular complexity index is 1930. The Balaban J connectivity index is -0.0000000419. The molecular weight excluding hydrogens is 1810 g/mol. The molecule has 0 bridgehead atoms. The fourth-order valence-corrected chi connectivity index (χ4v) is 5.26. The highest BCUT2D eigenvalue weighted by Crippen LogP contribution is 1.96. The van der Waals surface area contributed by atoms with Gasteiger partial charge in [-0.25, -0.2) is 4.99 Å². The van der Waals surface area contributed by atoms with Crippen molar-refractivity contribution in [3.8, 4) is 0 Å². The number of allylic oxidation sites excluding steroid dienone is 11. The Kier molecular flexibility index (Phi) is 486. The fourth-order valence-electron chi connectivity index (χ4n) is 5.26. The van der Waals surface area contributed by atoms with E-state index >= 15 is 0 Å². The van der Waals surface area contributed by atoms with Crippen molar-refractivity contribution in [2.75, 3.05) is 191 Å². The highest BCUT2D eigenvalue weighted by molar-refractivity contribution is 5.70. The molecule has 0 aromatic rings. The maximum absolute atomic E-state index is 4.98. The quantitative estimate of drug-likeness (QED) is 0.00435. The van der Waals surface area contributed by atoms with Crippen LogP contribution >= 0.6 is 0 Å². The van der Waals surface area contributed by atoms with E-state index in [0.29, 0.717) is 20.0 Å². The van der Waals surface area contributed by atoms with Gasteiger partial charge in [0.25, 0.3) is 0 Å². The summed E-state index contributed by atoms with van der Waals surface area (Å²) in [5, 5.41) is 35.1. The number of hydrogen-bond acceptors (Lipinski definition) is 28. The summed E-state index contributed by atoms with van der Waals surface area (Å²) in [5.74, 6) is 0.